The molecule has 0 saturated carbocycles. The summed E-state index contributed by atoms with van der Waals surface area (Å²) >= 11 is 1.09. The second-order valence-electron chi connectivity index (χ2n) is 4.99. The molecule has 0 spiro atoms. The second kappa shape index (κ2) is 6.58. The first kappa shape index (κ1) is 15.3. The predicted octanol–water partition coefficient (Wildman–Crippen LogP) is 2.75. The number of rotatable bonds is 5. The van der Waals surface area contributed by atoms with Gasteiger partial charge in [0.25, 0.3) is 5.56 Å². The molecule has 2 aromatic rings. The van der Waals surface area contributed by atoms with Crippen LogP contribution in [0, 0.1) is 5.92 Å². The van der Waals surface area contributed by atoms with Crippen molar-refractivity contribution in [2.45, 2.75) is 30.3 Å². The number of aromatic carboxylic acids is 1. The van der Waals surface area contributed by atoms with Gasteiger partial charge in [0, 0.05) is 23.8 Å². The molecule has 21 heavy (non-hydrogen) atoms. The van der Waals surface area contributed by atoms with Crippen molar-refractivity contribution in [1.29, 1.82) is 0 Å². The first-order valence-electron chi connectivity index (χ1n) is 6.54. The number of hydrogen-bond donors (Lipinski definition) is 1. The molecule has 0 aliphatic carbocycles. The lowest BCUT2D eigenvalue weighted by molar-refractivity contribution is 0.0693. The van der Waals surface area contributed by atoms with Crippen molar-refractivity contribution in [3.05, 3.63) is 52.6 Å². The molecule has 1 aromatic heterocycles. The summed E-state index contributed by atoms with van der Waals surface area (Å²) in [5.74, 6) is -0.675. The molecule has 5 nitrogen and oxygen atoms in total. The Hall–Kier alpha value is -2.08. The molecule has 1 aromatic carbocycles. The molecule has 0 fully saturated rings. The van der Waals surface area contributed by atoms with Gasteiger partial charge in [0.1, 0.15) is 0 Å². The van der Waals surface area contributed by atoms with E-state index in [0.29, 0.717) is 17.4 Å². The summed E-state index contributed by atoms with van der Waals surface area (Å²) < 4.78 is 1.60. The molecule has 1 N–H and O–H groups in total. The summed E-state index contributed by atoms with van der Waals surface area (Å²) in [5, 5.41) is 9.45. The normalized spacial score (nSPS) is 10.8. The van der Waals surface area contributed by atoms with Gasteiger partial charge in [-0.2, -0.15) is 0 Å². The number of carboxylic acids is 1. The number of benzene rings is 1. The number of nitrogens with zero attached hydrogens (tertiary/aromatic N) is 2. The maximum Gasteiger partial charge on any atom is 0.336 e. The van der Waals surface area contributed by atoms with E-state index < -0.39 is 5.97 Å². The third-order valence-corrected chi connectivity index (χ3v) is 3.82. The number of aromatic nitrogens is 2. The van der Waals surface area contributed by atoms with Crippen LogP contribution in [0.2, 0.25) is 0 Å². The van der Waals surface area contributed by atoms with Crippen LogP contribution < -0.4 is 5.56 Å². The third-order valence-electron chi connectivity index (χ3n) is 2.77. The van der Waals surface area contributed by atoms with Gasteiger partial charge >= 0.3 is 5.97 Å². The first-order chi connectivity index (χ1) is 9.99. The van der Waals surface area contributed by atoms with Crippen LogP contribution in [-0.4, -0.2) is 20.6 Å². The quantitative estimate of drug-likeness (QED) is 0.919. The van der Waals surface area contributed by atoms with Gasteiger partial charge in [-0.15, -0.1) is 0 Å². The molecular weight excluding hydrogens is 288 g/mol. The Morgan fingerprint density at radius 2 is 2.10 bits per heavy atom. The standard InChI is InChI=1S/C15H16N2O3S/c1-10(2)9-17-8-7-16-13(14(17)18)21-12-6-4-3-5-11(12)15(19)20/h3-8,10H,9H2,1-2H3,(H,19,20). The monoisotopic (exact) mass is 304 g/mol. The maximum absolute atomic E-state index is 12.3. The zero-order valence-electron chi connectivity index (χ0n) is 11.8. The van der Waals surface area contributed by atoms with Crippen LogP contribution in [0.5, 0.6) is 0 Å². The first-order valence-corrected chi connectivity index (χ1v) is 7.36. The minimum absolute atomic E-state index is 0.169. The fourth-order valence-electron chi connectivity index (χ4n) is 1.87. The minimum Gasteiger partial charge on any atom is -0.478 e. The molecule has 0 aliphatic heterocycles. The highest BCUT2D eigenvalue weighted by atomic mass is 32.2. The topological polar surface area (TPSA) is 72.2 Å². The fourth-order valence-corrected chi connectivity index (χ4v) is 2.81. The molecule has 0 unspecified atom stereocenters. The van der Waals surface area contributed by atoms with Gasteiger partial charge in [-0.1, -0.05) is 37.7 Å². The van der Waals surface area contributed by atoms with Crippen molar-refractivity contribution in [1.82, 2.24) is 9.55 Å². The van der Waals surface area contributed by atoms with E-state index in [2.05, 4.69) is 4.98 Å². The van der Waals surface area contributed by atoms with Crippen molar-refractivity contribution in [3.63, 3.8) is 0 Å². The lowest BCUT2D eigenvalue weighted by atomic mass is 10.2. The van der Waals surface area contributed by atoms with E-state index in [-0.39, 0.29) is 16.1 Å². The van der Waals surface area contributed by atoms with E-state index in [1.54, 1.807) is 35.2 Å². The van der Waals surface area contributed by atoms with Crippen molar-refractivity contribution in [3.8, 4) is 0 Å². The minimum atomic E-state index is -1.02. The Balaban J connectivity index is 2.37. The van der Waals surface area contributed by atoms with E-state index in [4.69, 9.17) is 5.11 Å². The van der Waals surface area contributed by atoms with Gasteiger partial charge in [0.15, 0.2) is 5.03 Å². The summed E-state index contributed by atoms with van der Waals surface area (Å²) in [6.07, 6.45) is 3.21. The summed E-state index contributed by atoms with van der Waals surface area (Å²) in [6.45, 7) is 4.66. The molecule has 0 aliphatic rings. The highest BCUT2D eigenvalue weighted by Crippen LogP contribution is 2.26. The van der Waals surface area contributed by atoms with Crippen LogP contribution in [0.15, 0.2) is 51.4 Å². The molecule has 0 atom stereocenters. The molecule has 0 saturated heterocycles. The molecular formula is C15H16N2O3S. The Morgan fingerprint density at radius 1 is 1.38 bits per heavy atom. The van der Waals surface area contributed by atoms with Gasteiger partial charge < -0.3 is 9.67 Å². The number of hydrogen-bond acceptors (Lipinski definition) is 4. The summed E-state index contributed by atoms with van der Waals surface area (Å²) in [4.78, 5) is 28.1. The number of carboxylic acid groups (broad SMARTS) is 1. The summed E-state index contributed by atoms with van der Waals surface area (Å²) in [5.41, 5.74) is -0.0284. The summed E-state index contributed by atoms with van der Waals surface area (Å²) in [6, 6.07) is 6.59. The van der Waals surface area contributed by atoms with Crippen LogP contribution in [0.1, 0.15) is 24.2 Å². The van der Waals surface area contributed by atoms with Gasteiger partial charge in [-0.25, -0.2) is 9.78 Å². The van der Waals surface area contributed by atoms with E-state index in [1.165, 1.54) is 6.07 Å². The predicted molar refractivity (Wildman–Crippen MR) is 80.9 cm³/mol. The Morgan fingerprint density at radius 3 is 2.76 bits per heavy atom. The van der Waals surface area contributed by atoms with Crippen molar-refractivity contribution >= 4 is 17.7 Å². The van der Waals surface area contributed by atoms with Crippen LogP contribution in [0.4, 0.5) is 0 Å². The van der Waals surface area contributed by atoms with E-state index in [0.717, 1.165) is 11.8 Å². The molecule has 1 heterocycles. The smallest absolute Gasteiger partial charge is 0.336 e. The van der Waals surface area contributed by atoms with Gasteiger partial charge in [0.05, 0.1) is 5.56 Å². The average molecular weight is 304 g/mol. The van der Waals surface area contributed by atoms with Crippen molar-refractivity contribution < 1.29 is 9.90 Å². The number of carbonyl (C=O) groups is 1. The van der Waals surface area contributed by atoms with Crippen LogP contribution in [0.3, 0.4) is 0 Å². The SMILES string of the molecule is CC(C)Cn1ccnc(Sc2ccccc2C(=O)O)c1=O. The van der Waals surface area contributed by atoms with Crippen LogP contribution >= 0.6 is 11.8 Å². The highest BCUT2D eigenvalue weighted by Gasteiger charge is 2.14. The molecule has 6 heteroatoms. The lowest BCUT2D eigenvalue weighted by Gasteiger charge is -2.10. The van der Waals surface area contributed by atoms with Gasteiger partial charge in [-0.3, -0.25) is 4.79 Å². The highest BCUT2D eigenvalue weighted by molar-refractivity contribution is 7.99. The molecule has 0 amide bonds. The lowest BCUT2D eigenvalue weighted by Crippen LogP contribution is -2.24. The van der Waals surface area contributed by atoms with Crippen LogP contribution in [-0.2, 0) is 6.54 Å². The Kier molecular flexibility index (Phi) is 4.80. The van der Waals surface area contributed by atoms with E-state index in [1.807, 2.05) is 13.8 Å². The largest absolute Gasteiger partial charge is 0.478 e. The van der Waals surface area contributed by atoms with Crippen LogP contribution in [0.25, 0.3) is 0 Å². The average Bonchev–Trinajstić information content (AvgIpc) is 2.43. The third kappa shape index (κ3) is 3.72. The molecule has 2 rings (SSSR count). The van der Waals surface area contributed by atoms with E-state index in [9.17, 15) is 9.59 Å². The van der Waals surface area contributed by atoms with Gasteiger partial charge in [-0.05, 0) is 18.1 Å². The second-order valence-corrected chi connectivity index (χ2v) is 6.02. The van der Waals surface area contributed by atoms with Gasteiger partial charge in [0.2, 0.25) is 0 Å². The Labute approximate surface area is 126 Å². The van der Waals surface area contributed by atoms with Crippen molar-refractivity contribution in [2.75, 3.05) is 0 Å². The molecule has 0 bridgehead atoms. The maximum atomic E-state index is 12.3. The van der Waals surface area contributed by atoms with E-state index >= 15 is 0 Å². The zero-order valence-corrected chi connectivity index (χ0v) is 12.6. The molecule has 110 valence electrons. The fraction of sp³-hybridized carbons (Fsp3) is 0.267. The Bertz CT molecular complexity index is 710. The zero-order chi connectivity index (χ0) is 15.4. The summed E-state index contributed by atoms with van der Waals surface area (Å²) in [7, 11) is 0. The molecule has 0 radical (unpaired) electrons. The van der Waals surface area contributed by atoms with Crippen molar-refractivity contribution in [2.24, 2.45) is 5.92 Å².